The lowest BCUT2D eigenvalue weighted by molar-refractivity contribution is -0.144. The summed E-state index contributed by atoms with van der Waals surface area (Å²) >= 11 is 0. The number of rotatable bonds is 20. The molecule has 29 heavy (non-hydrogen) atoms. The molecule has 4 nitrogen and oxygen atoms in total. The highest BCUT2D eigenvalue weighted by atomic mass is 16.5. The molecular weight excluding hydrogens is 364 g/mol. The van der Waals surface area contributed by atoms with Gasteiger partial charge in [-0.3, -0.25) is 9.59 Å². The molecule has 0 aromatic heterocycles. The topological polar surface area (TPSA) is 52.6 Å². The fourth-order valence-corrected chi connectivity index (χ4v) is 3.25. The summed E-state index contributed by atoms with van der Waals surface area (Å²) in [7, 11) is 0. The molecular formula is C25H48O4. The van der Waals surface area contributed by atoms with Crippen molar-refractivity contribution in [2.24, 2.45) is 11.8 Å². The van der Waals surface area contributed by atoms with Gasteiger partial charge in [0.15, 0.2) is 0 Å². The van der Waals surface area contributed by atoms with Crippen LogP contribution in [-0.4, -0.2) is 25.2 Å². The van der Waals surface area contributed by atoms with Crippen LogP contribution in [0.15, 0.2) is 0 Å². The van der Waals surface area contributed by atoms with Crippen molar-refractivity contribution in [1.29, 1.82) is 0 Å². The van der Waals surface area contributed by atoms with Gasteiger partial charge in [-0.15, -0.1) is 0 Å². The van der Waals surface area contributed by atoms with Crippen molar-refractivity contribution in [3.63, 3.8) is 0 Å². The summed E-state index contributed by atoms with van der Waals surface area (Å²) < 4.78 is 10.5. The molecule has 0 saturated heterocycles. The normalized spacial score (nSPS) is 11.2. The smallest absolute Gasteiger partial charge is 0.305 e. The maximum absolute atomic E-state index is 11.7. The molecule has 0 saturated carbocycles. The van der Waals surface area contributed by atoms with Crippen LogP contribution in [0.2, 0.25) is 0 Å². The van der Waals surface area contributed by atoms with E-state index in [2.05, 4.69) is 27.7 Å². The van der Waals surface area contributed by atoms with Crippen LogP contribution >= 0.6 is 0 Å². The first-order valence-electron chi connectivity index (χ1n) is 12.2. The van der Waals surface area contributed by atoms with Crippen LogP contribution in [0.3, 0.4) is 0 Å². The average Bonchev–Trinajstić information content (AvgIpc) is 2.65. The number of ether oxygens (including phenoxy) is 2. The summed E-state index contributed by atoms with van der Waals surface area (Å²) in [6.07, 6.45) is 15.1. The first-order chi connectivity index (χ1) is 13.9. The summed E-state index contributed by atoms with van der Waals surface area (Å²) in [5.74, 6) is 1.35. The van der Waals surface area contributed by atoms with Crippen LogP contribution in [0.1, 0.15) is 124 Å². The third-order valence-electron chi connectivity index (χ3n) is 5.14. The maximum Gasteiger partial charge on any atom is 0.305 e. The molecule has 0 aromatic rings. The monoisotopic (exact) mass is 412 g/mol. The Labute approximate surface area is 180 Å². The minimum absolute atomic E-state index is 0.104. The van der Waals surface area contributed by atoms with Gasteiger partial charge in [-0.25, -0.2) is 0 Å². The number of esters is 2. The van der Waals surface area contributed by atoms with Gasteiger partial charge in [-0.2, -0.15) is 0 Å². The Morgan fingerprint density at radius 3 is 1.24 bits per heavy atom. The summed E-state index contributed by atoms with van der Waals surface area (Å²) in [6, 6.07) is 0. The lowest BCUT2D eigenvalue weighted by Gasteiger charge is -2.07. The van der Waals surface area contributed by atoms with Gasteiger partial charge >= 0.3 is 11.9 Å². The number of hydrogen-bond donors (Lipinski definition) is 0. The Morgan fingerprint density at radius 1 is 0.517 bits per heavy atom. The van der Waals surface area contributed by atoms with Gasteiger partial charge in [0.2, 0.25) is 0 Å². The summed E-state index contributed by atoms with van der Waals surface area (Å²) in [4.78, 5) is 23.4. The molecule has 0 N–H and O–H groups in total. The predicted octanol–water partition coefficient (Wildman–Crippen LogP) is 7.24. The van der Waals surface area contributed by atoms with Crippen molar-refractivity contribution in [2.45, 2.75) is 124 Å². The molecule has 0 spiro atoms. The SMILES string of the molecule is CC(C)CCCCCCOC(=O)CCCCCC(=O)OCCCCCCC(C)C. The Morgan fingerprint density at radius 2 is 0.862 bits per heavy atom. The lowest BCUT2D eigenvalue weighted by atomic mass is 10.0. The van der Waals surface area contributed by atoms with E-state index in [1.807, 2.05) is 0 Å². The highest BCUT2D eigenvalue weighted by molar-refractivity contribution is 5.69. The van der Waals surface area contributed by atoms with E-state index >= 15 is 0 Å². The molecule has 0 radical (unpaired) electrons. The van der Waals surface area contributed by atoms with Crippen molar-refractivity contribution in [3.05, 3.63) is 0 Å². The molecule has 0 aromatic carbocycles. The summed E-state index contributed by atoms with van der Waals surface area (Å²) in [6.45, 7) is 10.1. The first-order valence-corrected chi connectivity index (χ1v) is 12.2. The molecule has 0 aliphatic heterocycles. The lowest BCUT2D eigenvalue weighted by Crippen LogP contribution is -2.07. The first kappa shape index (κ1) is 27.9. The fourth-order valence-electron chi connectivity index (χ4n) is 3.25. The zero-order valence-electron chi connectivity index (χ0n) is 19.8. The number of hydrogen-bond acceptors (Lipinski definition) is 4. The molecule has 0 bridgehead atoms. The van der Waals surface area contributed by atoms with E-state index in [1.54, 1.807) is 0 Å². The van der Waals surface area contributed by atoms with E-state index in [0.717, 1.165) is 56.8 Å². The third-order valence-corrected chi connectivity index (χ3v) is 5.14. The van der Waals surface area contributed by atoms with Gasteiger partial charge in [-0.1, -0.05) is 85.5 Å². The zero-order valence-corrected chi connectivity index (χ0v) is 19.8. The van der Waals surface area contributed by atoms with Gasteiger partial charge in [0, 0.05) is 12.8 Å². The van der Waals surface area contributed by atoms with Crippen LogP contribution in [0, 0.1) is 11.8 Å². The standard InChI is InChI=1S/C25H48O4/c1-22(2)16-10-5-7-14-20-28-24(26)18-12-9-13-19-25(27)29-21-15-8-6-11-17-23(3)4/h22-23H,5-21H2,1-4H3. The van der Waals surface area contributed by atoms with Crippen LogP contribution in [-0.2, 0) is 19.1 Å². The van der Waals surface area contributed by atoms with E-state index in [0.29, 0.717) is 26.1 Å². The van der Waals surface area contributed by atoms with E-state index in [-0.39, 0.29) is 11.9 Å². The molecule has 0 rings (SSSR count). The molecule has 172 valence electrons. The van der Waals surface area contributed by atoms with Crippen molar-refractivity contribution in [1.82, 2.24) is 0 Å². The van der Waals surface area contributed by atoms with Gasteiger partial charge in [0.05, 0.1) is 13.2 Å². The van der Waals surface area contributed by atoms with Gasteiger partial charge < -0.3 is 9.47 Å². The van der Waals surface area contributed by atoms with Gasteiger partial charge in [0.25, 0.3) is 0 Å². The Kier molecular flexibility index (Phi) is 19.5. The Bertz CT molecular complexity index is 354. The predicted molar refractivity (Wildman–Crippen MR) is 121 cm³/mol. The van der Waals surface area contributed by atoms with E-state index in [1.165, 1.54) is 38.5 Å². The quantitative estimate of drug-likeness (QED) is 0.156. The second kappa shape index (κ2) is 20.2. The van der Waals surface area contributed by atoms with Crippen molar-refractivity contribution in [3.8, 4) is 0 Å². The summed E-state index contributed by atoms with van der Waals surface area (Å²) in [5.41, 5.74) is 0. The number of carbonyl (C=O) groups excluding carboxylic acids is 2. The minimum Gasteiger partial charge on any atom is -0.466 e. The summed E-state index contributed by atoms with van der Waals surface area (Å²) in [5, 5.41) is 0. The van der Waals surface area contributed by atoms with Crippen molar-refractivity contribution >= 4 is 11.9 Å². The molecule has 0 atom stereocenters. The largest absolute Gasteiger partial charge is 0.466 e. The van der Waals surface area contributed by atoms with Crippen molar-refractivity contribution < 1.29 is 19.1 Å². The zero-order chi connectivity index (χ0) is 21.7. The third kappa shape index (κ3) is 23.1. The van der Waals surface area contributed by atoms with Crippen molar-refractivity contribution in [2.75, 3.05) is 13.2 Å². The molecule has 0 heterocycles. The molecule has 0 aliphatic carbocycles. The van der Waals surface area contributed by atoms with Crippen LogP contribution in [0.5, 0.6) is 0 Å². The molecule has 4 heteroatoms. The van der Waals surface area contributed by atoms with E-state index in [4.69, 9.17) is 9.47 Å². The van der Waals surface area contributed by atoms with Gasteiger partial charge in [-0.05, 0) is 37.5 Å². The number of unbranched alkanes of at least 4 members (excludes halogenated alkanes) is 8. The van der Waals surface area contributed by atoms with Gasteiger partial charge in [0.1, 0.15) is 0 Å². The fraction of sp³-hybridized carbons (Fsp3) is 0.920. The van der Waals surface area contributed by atoms with Crippen LogP contribution in [0.4, 0.5) is 0 Å². The highest BCUT2D eigenvalue weighted by Gasteiger charge is 2.05. The maximum atomic E-state index is 11.7. The minimum atomic E-state index is -0.104. The van der Waals surface area contributed by atoms with Crippen LogP contribution in [0.25, 0.3) is 0 Å². The molecule has 0 unspecified atom stereocenters. The Hall–Kier alpha value is -1.06. The van der Waals surface area contributed by atoms with E-state index in [9.17, 15) is 9.59 Å². The molecule has 0 amide bonds. The second-order valence-corrected chi connectivity index (χ2v) is 9.20. The molecule has 0 aliphatic rings. The average molecular weight is 413 g/mol. The second-order valence-electron chi connectivity index (χ2n) is 9.20. The number of carbonyl (C=O) groups is 2. The highest BCUT2D eigenvalue weighted by Crippen LogP contribution is 2.11. The Balaban J connectivity index is 3.33. The van der Waals surface area contributed by atoms with Crippen LogP contribution < -0.4 is 0 Å². The molecule has 0 fully saturated rings. The van der Waals surface area contributed by atoms with E-state index < -0.39 is 0 Å².